The molecule has 26 heavy (non-hydrogen) atoms. The summed E-state index contributed by atoms with van der Waals surface area (Å²) in [7, 11) is 0. The molecule has 3 heteroatoms. The van der Waals surface area contributed by atoms with Crippen molar-refractivity contribution in [2.45, 2.75) is 130 Å². The lowest BCUT2D eigenvalue weighted by atomic mass is 9.95. The first-order valence-corrected chi connectivity index (χ1v) is 11.5. The molecule has 0 bridgehead atoms. The maximum Gasteiger partial charge on any atom is 0.0742 e. The van der Waals surface area contributed by atoms with Crippen LogP contribution in [-0.4, -0.2) is 34.6 Å². The normalized spacial score (nSPS) is 13.2. The zero-order chi connectivity index (χ0) is 19.9. The minimum Gasteiger partial charge on any atom is -0.396 e. The van der Waals surface area contributed by atoms with Gasteiger partial charge < -0.3 is 15.3 Å². The second-order valence-corrected chi connectivity index (χ2v) is 7.90. The summed E-state index contributed by atoms with van der Waals surface area (Å²) in [6, 6.07) is 0. The van der Waals surface area contributed by atoms with Crippen molar-refractivity contribution in [3.05, 3.63) is 0 Å². The summed E-state index contributed by atoms with van der Waals surface area (Å²) < 4.78 is 0. The number of hydrogen-bond donors (Lipinski definition) is 3. The van der Waals surface area contributed by atoms with Crippen LogP contribution in [0.3, 0.4) is 0 Å². The molecule has 0 fully saturated rings. The first-order valence-electron chi connectivity index (χ1n) is 11.5. The first kappa shape index (κ1) is 28.1. The number of rotatable bonds is 18. The molecule has 0 aliphatic carbocycles. The Morgan fingerprint density at radius 2 is 0.846 bits per heavy atom. The fraction of sp³-hybridized carbons (Fsp3) is 1.00. The Morgan fingerprint density at radius 1 is 0.538 bits per heavy atom. The summed E-state index contributed by atoms with van der Waals surface area (Å²) in [5, 5.41) is 25.5. The lowest BCUT2D eigenvalue weighted by Gasteiger charge is -2.13. The van der Waals surface area contributed by atoms with E-state index in [1.165, 1.54) is 110 Å². The molecule has 0 aliphatic rings. The maximum atomic E-state index is 9.47. The average Bonchev–Trinajstić information content (AvgIpc) is 2.65. The summed E-state index contributed by atoms with van der Waals surface area (Å²) in [6.07, 6.45) is 21.3. The van der Waals surface area contributed by atoms with Crippen LogP contribution in [0, 0.1) is 5.92 Å². The Morgan fingerprint density at radius 3 is 1.12 bits per heavy atom. The Hall–Kier alpha value is -0.120. The predicted octanol–water partition coefficient (Wildman–Crippen LogP) is 6.24. The molecular formula is C23H50O3. The smallest absolute Gasteiger partial charge is 0.0742 e. The molecule has 3 nitrogen and oxygen atoms in total. The summed E-state index contributed by atoms with van der Waals surface area (Å²) in [6.45, 7) is 6.34. The van der Waals surface area contributed by atoms with E-state index < -0.39 is 6.10 Å². The van der Waals surface area contributed by atoms with Crippen LogP contribution in [0.2, 0.25) is 0 Å². The quantitative estimate of drug-likeness (QED) is 0.249. The molecule has 3 N–H and O–H groups in total. The molecule has 0 aromatic carbocycles. The highest BCUT2D eigenvalue weighted by molar-refractivity contribution is 4.59. The minimum atomic E-state index is -0.560. The molecule has 0 rings (SSSR count). The molecule has 0 aromatic heterocycles. The molecule has 0 aromatic rings. The summed E-state index contributed by atoms with van der Waals surface area (Å²) in [5.74, 6) is 0.580. The van der Waals surface area contributed by atoms with Crippen molar-refractivity contribution in [1.29, 1.82) is 0 Å². The van der Waals surface area contributed by atoms with Crippen molar-refractivity contribution < 1.29 is 15.3 Å². The van der Waals surface area contributed by atoms with E-state index >= 15 is 0 Å². The number of aliphatic hydroxyl groups is 3. The van der Waals surface area contributed by atoms with Gasteiger partial charge in [-0.25, -0.2) is 0 Å². The third-order valence-electron chi connectivity index (χ3n) is 4.95. The van der Waals surface area contributed by atoms with Gasteiger partial charge in [0.05, 0.1) is 12.7 Å². The van der Waals surface area contributed by atoms with Gasteiger partial charge in [0.2, 0.25) is 0 Å². The van der Waals surface area contributed by atoms with Gasteiger partial charge in [-0.2, -0.15) is 0 Å². The van der Waals surface area contributed by atoms with Gasteiger partial charge in [-0.3, -0.25) is 0 Å². The van der Waals surface area contributed by atoms with Gasteiger partial charge in [0, 0.05) is 6.61 Å². The van der Waals surface area contributed by atoms with Gasteiger partial charge in [0.25, 0.3) is 0 Å². The third kappa shape index (κ3) is 26.1. The largest absolute Gasteiger partial charge is 0.396 e. The molecule has 0 amide bonds. The van der Waals surface area contributed by atoms with E-state index in [4.69, 9.17) is 10.2 Å². The number of aliphatic hydroxyl groups excluding tert-OH is 3. The van der Waals surface area contributed by atoms with Crippen LogP contribution in [0.15, 0.2) is 0 Å². The average molecular weight is 375 g/mol. The molecule has 0 saturated carbocycles. The summed E-state index contributed by atoms with van der Waals surface area (Å²) in [4.78, 5) is 0. The standard InChI is InChI=1S/C20H42O.C3H8O2/c1-3-5-7-9-11-12-14-16-18-20(19-21)17-15-13-10-8-6-4-2;1-3(5)2-4/h20-21H,3-19H2,1-2H3;3-5H,2H2,1H3. The number of unbranched alkanes of at least 4 members (excludes halogenated alkanes) is 12. The van der Waals surface area contributed by atoms with Crippen LogP contribution < -0.4 is 0 Å². The third-order valence-corrected chi connectivity index (χ3v) is 4.95. The van der Waals surface area contributed by atoms with E-state index in [0.29, 0.717) is 12.5 Å². The molecule has 160 valence electrons. The highest BCUT2D eigenvalue weighted by atomic mass is 16.3. The minimum absolute atomic E-state index is 0.139. The van der Waals surface area contributed by atoms with Crippen molar-refractivity contribution in [3.8, 4) is 0 Å². The van der Waals surface area contributed by atoms with Crippen LogP contribution in [0.25, 0.3) is 0 Å². The second kappa shape index (κ2) is 24.9. The Labute approximate surface area is 164 Å². The monoisotopic (exact) mass is 374 g/mol. The predicted molar refractivity (Wildman–Crippen MR) is 115 cm³/mol. The molecule has 0 radical (unpaired) electrons. The fourth-order valence-electron chi connectivity index (χ4n) is 3.11. The maximum absolute atomic E-state index is 9.47. The highest BCUT2D eigenvalue weighted by Gasteiger charge is 2.06. The molecule has 2 unspecified atom stereocenters. The zero-order valence-corrected chi connectivity index (χ0v) is 18.2. The van der Waals surface area contributed by atoms with Gasteiger partial charge in [-0.1, -0.05) is 104 Å². The van der Waals surface area contributed by atoms with E-state index in [0.717, 1.165) is 0 Å². The van der Waals surface area contributed by atoms with E-state index in [2.05, 4.69) is 13.8 Å². The second-order valence-electron chi connectivity index (χ2n) is 7.90. The molecular weight excluding hydrogens is 324 g/mol. The van der Waals surface area contributed by atoms with Crippen molar-refractivity contribution in [2.75, 3.05) is 13.2 Å². The van der Waals surface area contributed by atoms with Crippen LogP contribution in [0.4, 0.5) is 0 Å². The van der Waals surface area contributed by atoms with Gasteiger partial charge in [0.1, 0.15) is 0 Å². The van der Waals surface area contributed by atoms with Gasteiger partial charge in [0.15, 0.2) is 0 Å². The van der Waals surface area contributed by atoms with Gasteiger partial charge in [-0.15, -0.1) is 0 Å². The van der Waals surface area contributed by atoms with E-state index in [1.807, 2.05) is 0 Å². The Balaban J connectivity index is 0. The zero-order valence-electron chi connectivity index (χ0n) is 18.2. The van der Waals surface area contributed by atoms with Crippen molar-refractivity contribution >= 4 is 0 Å². The summed E-state index contributed by atoms with van der Waals surface area (Å²) >= 11 is 0. The van der Waals surface area contributed by atoms with Gasteiger partial charge in [-0.05, 0) is 25.7 Å². The Bertz CT molecular complexity index is 231. The van der Waals surface area contributed by atoms with E-state index in [9.17, 15) is 5.11 Å². The first-order chi connectivity index (χ1) is 12.6. The van der Waals surface area contributed by atoms with Crippen LogP contribution in [0.5, 0.6) is 0 Å². The highest BCUT2D eigenvalue weighted by Crippen LogP contribution is 2.18. The van der Waals surface area contributed by atoms with Gasteiger partial charge >= 0.3 is 0 Å². The Kier molecular flexibility index (Phi) is 26.9. The van der Waals surface area contributed by atoms with Crippen LogP contribution in [0.1, 0.15) is 124 Å². The van der Waals surface area contributed by atoms with Crippen molar-refractivity contribution in [1.82, 2.24) is 0 Å². The number of hydrogen-bond acceptors (Lipinski definition) is 3. The molecule has 0 heterocycles. The molecule has 0 saturated heterocycles. The summed E-state index contributed by atoms with van der Waals surface area (Å²) in [5.41, 5.74) is 0. The van der Waals surface area contributed by atoms with Crippen molar-refractivity contribution in [3.63, 3.8) is 0 Å². The molecule has 0 aliphatic heterocycles. The van der Waals surface area contributed by atoms with Crippen molar-refractivity contribution in [2.24, 2.45) is 5.92 Å². The molecule has 0 spiro atoms. The van der Waals surface area contributed by atoms with E-state index in [-0.39, 0.29) is 6.61 Å². The lowest BCUT2D eigenvalue weighted by molar-refractivity contribution is 0.110. The molecule has 2 atom stereocenters. The fourth-order valence-corrected chi connectivity index (χ4v) is 3.11. The topological polar surface area (TPSA) is 60.7 Å². The lowest BCUT2D eigenvalue weighted by Crippen LogP contribution is -2.06. The van der Waals surface area contributed by atoms with Crippen LogP contribution >= 0.6 is 0 Å². The van der Waals surface area contributed by atoms with E-state index in [1.54, 1.807) is 0 Å². The van der Waals surface area contributed by atoms with Crippen LogP contribution in [-0.2, 0) is 0 Å². The SMILES string of the molecule is CC(O)CO.CCCCCCCCCCC(CO)CCCCCCCC.